The number of rotatable bonds is 10. The third kappa shape index (κ3) is 8.07. The van der Waals surface area contributed by atoms with Crippen LogP contribution in [0.4, 0.5) is 5.82 Å². The van der Waals surface area contributed by atoms with Crippen molar-refractivity contribution in [2.45, 2.75) is 46.6 Å². The van der Waals surface area contributed by atoms with Crippen LogP contribution in [0.25, 0.3) is 0 Å². The summed E-state index contributed by atoms with van der Waals surface area (Å²) in [6.07, 6.45) is 4.70. The van der Waals surface area contributed by atoms with E-state index in [0.29, 0.717) is 6.54 Å². The molecule has 150 valence electrons. The zero-order valence-corrected chi connectivity index (χ0v) is 19.2. The van der Waals surface area contributed by atoms with Crippen molar-refractivity contribution in [3.8, 4) is 0 Å². The Bertz CT molecular complexity index is 532. The normalized spacial score (nSPS) is 11.7. The van der Waals surface area contributed by atoms with Crippen molar-refractivity contribution >= 4 is 35.8 Å². The van der Waals surface area contributed by atoms with Crippen molar-refractivity contribution in [3.05, 3.63) is 23.9 Å². The Morgan fingerprint density at radius 2 is 1.92 bits per heavy atom. The summed E-state index contributed by atoms with van der Waals surface area (Å²) in [6, 6.07) is 4.05. The fraction of sp³-hybridized carbons (Fsp3) is 0.684. The first kappa shape index (κ1) is 24.9. The highest BCUT2D eigenvalue weighted by Crippen LogP contribution is 2.29. The smallest absolute Gasteiger partial charge is 0.191 e. The van der Waals surface area contributed by atoms with Gasteiger partial charge in [0.1, 0.15) is 5.82 Å². The second-order valence-electron chi connectivity index (χ2n) is 6.65. The number of hydrogen-bond acceptors (Lipinski definition) is 4. The molecule has 0 unspecified atom stereocenters. The molecule has 0 aliphatic rings. The minimum absolute atomic E-state index is 0. The number of aromatic nitrogens is 1. The molecule has 7 heteroatoms. The molecule has 1 aromatic rings. The van der Waals surface area contributed by atoms with Gasteiger partial charge in [0, 0.05) is 40.0 Å². The molecule has 0 bridgehead atoms. The Balaban J connectivity index is 0.00000625. The van der Waals surface area contributed by atoms with Crippen LogP contribution in [0.15, 0.2) is 23.3 Å². The van der Waals surface area contributed by atoms with Crippen molar-refractivity contribution in [1.82, 2.24) is 15.6 Å². The van der Waals surface area contributed by atoms with Crippen molar-refractivity contribution in [2.24, 2.45) is 10.4 Å². The van der Waals surface area contributed by atoms with Gasteiger partial charge in [0.05, 0.1) is 6.54 Å². The molecular formula is C19H36IN5O. The summed E-state index contributed by atoms with van der Waals surface area (Å²) in [5.74, 6) is 1.75. The van der Waals surface area contributed by atoms with Gasteiger partial charge < -0.3 is 20.6 Å². The van der Waals surface area contributed by atoms with E-state index in [0.717, 1.165) is 49.7 Å². The topological polar surface area (TPSA) is 72.8 Å². The monoisotopic (exact) mass is 477 g/mol. The molecule has 0 amide bonds. The van der Waals surface area contributed by atoms with E-state index in [-0.39, 0.29) is 36.0 Å². The standard InChI is InChI=1S/C19H35N5O.HI/c1-6-19(7-2,10-12-25)15-23-18(20-8-3)22-14-16-9-11-21-17(13-16)24(4)5;/h9,11,13,25H,6-8,10,12,14-15H2,1-5H3,(H2,20,22,23);1H. The highest BCUT2D eigenvalue weighted by molar-refractivity contribution is 14.0. The van der Waals surface area contributed by atoms with Crippen molar-refractivity contribution in [3.63, 3.8) is 0 Å². The number of pyridine rings is 1. The van der Waals surface area contributed by atoms with Gasteiger partial charge in [0.2, 0.25) is 0 Å². The summed E-state index contributed by atoms with van der Waals surface area (Å²) >= 11 is 0. The molecule has 0 aromatic carbocycles. The van der Waals surface area contributed by atoms with Gasteiger partial charge in [0.25, 0.3) is 0 Å². The molecule has 3 N–H and O–H groups in total. The number of aliphatic imine (C=N–C) groups is 1. The molecule has 1 heterocycles. The summed E-state index contributed by atoms with van der Waals surface area (Å²) in [5.41, 5.74) is 1.24. The lowest BCUT2D eigenvalue weighted by Gasteiger charge is -2.32. The average molecular weight is 477 g/mol. The Morgan fingerprint density at radius 1 is 1.23 bits per heavy atom. The van der Waals surface area contributed by atoms with Crippen LogP contribution in [0.3, 0.4) is 0 Å². The van der Waals surface area contributed by atoms with E-state index in [4.69, 9.17) is 4.99 Å². The van der Waals surface area contributed by atoms with Gasteiger partial charge in [0.15, 0.2) is 5.96 Å². The second-order valence-corrected chi connectivity index (χ2v) is 6.65. The first-order chi connectivity index (χ1) is 12.0. The van der Waals surface area contributed by atoms with Crippen LogP contribution in [0.2, 0.25) is 0 Å². The molecular weight excluding hydrogens is 441 g/mol. The Labute approximate surface area is 175 Å². The molecule has 0 fully saturated rings. The maximum Gasteiger partial charge on any atom is 0.191 e. The highest BCUT2D eigenvalue weighted by atomic mass is 127. The number of hydrogen-bond donors (Lipinski definition) is 3. The maximum absolute atomic E-state index is 9.37. The number of guanidine groups is 1. The van der Waals surface area contributed by atoms with Gasteiger partial charge in [-0.05, 0) is 49.3 Å². The van der Waals surface area contributed by atoms with E-state index in [1.165, 1.54) is 0 Å². The lowest BCUT2D eigenvalue weighted by Crippen LogP contribution is -2.43. The van der Waals surface area contributed by atoms with Gasteiger partial charge in [-0.2, -0.15) is 0 Å². The SMILES string of the molecule is CCNC(=NCc1ccnc(N(C)C)c1)NCC(CC)(CC)CCO.I. The molecule has 0 aliphatic heterocycles. The van der Waals surface area contributed by atoms with Gasteiger partial charge in [-0.15, -0.1) is 24.0 Å². The van der Waals surface area contributed by atoms with E-state index in [1.807, 2.05) is 31.3 Å². The molecule has 0 saturated heterocycles. The summed E-state index contributed by atoms with van der Waals surface area (Å²) < 4.78 is 0. The fourth-order valence-electron chi connectivity index (χ4n) is 2.77. The lowest BCUT2D eigenvalue weighted by atomic mass is 9.79. The molecule has 26 heavy (non-hydrogen) atoms. The van der Waals surface area contributed by atoms with Crippen LogP contribution in [0.5, 0.6) is 0 Å². The van der Waals surface area contributed by atoms with E-state index < -0.39 is 0 Å². The first-order valence-electron chi connectivity index (χ1n) is 9.25. The number of anilines is 1. The Kier molecular flexibility index (Phi) is 12.6. The zero-order valence-electron chi connectivity index (χ0n) is 16.9. The van der Waals surface area contributed by atoms with Gasteiger partial charge in [-0.25, -0.2) is 9.98 Å². The van der Waals surface area contributed by atoms with Gasteiger partial charge in [-0.3, -0.25) is 0 Å². The van der Waals surface area contributed by atoms with Crippen molar-refractivity contribution < 1.29 is 5.11 Å². The number of aliphatic hydroxyl groups excluding tert-OH is 1. The number of halogens is 1. The molecule has 6 nitrogen and oxygen atoms in total. The number of nitrogens with zero attached hydrogens (tertiary/aromatic N) is 3. The minimum atomic E-state index is 0. The molecule has 0 spiro atoms. The van der Waals surface area contributed by atoms with Crippen LogP contribution < -0.4 is 15.5 Å². The molecule has 1 rings (SSSR count). The third-order valence-corrected chi connectivity index (χ3v) is 4.81. The van der Waals surface area contributed by atoms with Crippen LogP contribution in [-0.4, -0.2) is 49.8 Å². The Morgan fingerprint density at radius 3 is 2.46 bits per heavy atom. The summed E-state index contributed by atoms with van der Waals surface area (Å²) in [7, 11) is 3.97. The molecule has 0 saturated carbocycles. The van der Waals surface area contributed by atoms with E-state index in [9.17, 15) is 5.11 Å². The van der Waals surface area contributed by atoms with Crippen LogP contribution in [0.1, 0.15) is 45.6 Å². The number of nitrogens with one attached hydrogen (secondary N) is 2. The minimum Gasteiger partial charge on any atom is -0.396 e. The molecule has 0 aliphatic carbocycles. The molecule has 0 radical (unpaired) electrons. The fourth-order valence-corrected chi connectivity index (χ4v) is 2.77. The molecule has 0 atom stereocenters. The number of aliphatic hydroxyl groups is 1. The highest BCUT2D eigenvalue weighted by Gasteiger charge is 2.25. The predicted molar refractivity (Wildman–Crippen MR) is 122 cm³/mol. The average Bonchev–Trinajstić information content (AvgIpc) is 2.63. The molecule has 1 aromatic heterocycles. The second kappa shape index (κ2) is 13.1. The largest absolute Gasteiger partial charge is 0.396 e. The van der Waals surface area contributed by atoms with E-state index in [1.54, 1.807) is 0 Å². The van der Waals surface area contributed by atoms with Crippen LogP contribution >= 0.6 is 24.0 Å². The van der Waals surface area contributed by atoms with Crippen LogP contribution in [0, 0.1) is 5.41 Å². The van der Waals surface area contributed by atoms with Gasteiger partial charge in [-0.1, -0.05) is 13.8 Å². The summed E-state index contributed by atoms with van der Waals surface area (Å²) in [6.45, 7) is 8.89. The third-order valence-electron chi connectivity index (χ3n) is 4.81. The predicted octanol–water partition coefficient (Wildman–Crippen LogP) is 3.01. The summed E-state index contributed by atoms with van der Waals surface area (Å²) in [4.78, 5) is 11.0. The van der Waals surface area contributed by atoms with E-state index >= 15 is 0 Å². The van der Waals surface area contributed by atoms with Gasteiger partial charge >= 0.3 is 0 Å². The quantitative estimate of drug-likeness (QED) is 0.275. The van der Waals surface area contributed by atoms with Crippen molar-refractivity contribution in [2.75, 3.05) is 38.7 Å². The Hall–Kier alpha value is -1.09. The zero-order chi connectivity index (χ0) is 18.7. The summed E-state index contributed by atoms with van der Waals surface area (Å²) in [5, 5.41) is 16.1. The van der Waals surface area contributed by atoms with Crippen molar-refractivity contribution in [1.29, 1.82) is 0 Å². The van der Waals surface area contributed by atoms with Crippen LogP contribution in [-0.2, 0) is 6.54 Å². The first-order valence-corrected chi connectivity index (χ1v) is 9.25. The lowest BCUT2D eigenvalue weighted by molar-refractivity contribution is 0.169. The van der Waals surface area contributed by atoms with E-state index in [2.05, 4.69) is 42.5 Å². The maximum atomic E-state index is 9.37.